The summed E-state index contributed by atoms with van der Waals surface area (Å²) < 4.78 is 1.75. The number of carbonyl (C=O) groups excluding carboxylic acids is 2. The van der Waals surface area contributed by atoms with Gasteiger partial charge in [0.1, 0.15) is 0 Å². The highest BCUT2D eigenvalue weighted by molar-refractivity contribution is 6.00. The second-order valence-corrected chi connectivity index (χ2v) is 8.09. The number of likely N-dealkylation sites (tertiary alicyclic amines) is 2. The summed E-state index contributed by atoms with van der Waals surface area (Å²) in [5.74, 6) is 0.340. The highest BCUT2D eigenvalue weighted by Crippen LogP contribution is 2.39. The van der Waals surface area contributed by atoms with Crippen LogP contribution >= 0.6 is 0 Å². The van der Waals surface area contributed by atoms with E-state index < -0.39 is 0 Å². The molecule has 2 aliphatic rings. The quantitative estimate of drug-likeness (QED) is 0.834. The van der Waals surface area contributed by atoms with Gasteiger partial charge in [0, 0.05) is 44.2 Å². The molecule has 1 spiro atoms. The highest BCUT2D eigenvalue weighted by atomic mass is 16.2. The normalized spacial score (nSPS) is 23.4. The van der Waals surface area contributed by atoms with Crippen molar-refractivity contribution in [1.29, 1.82) is 0 Å². The van der Waals surface area contributed by atoms with Crippen LogP contribution in [-0.2, 0) is 4.79 Å². The van der Waals surface area contributed by atoms with E-state index in [0.717, 1.165) is 63.8 Å². The van der Waals surface area contributed by atoms with Crippen molar-refractivity contribution in [3.05, 3.63) is 36.2 Å². The molecule has 27 heavy (non-hydrogen) atoms. The first-order valence-corrected chi connectivity index (χ1v) is 10.1. The van der Waals surface area contributed by atoms with Gasteiger partial charge in [0.15, 0.2) is 0 Å². The number of fused-ring (bicyclic) bond motifs is 1. The fraction of sp³-hybridized carbons (Fsp3) is 0.571. The molecule has 2 saturated heterocycles. The number of piperidine rings is 2. The first-order chi connectivity index (χ1) is 13.1. The lowest BCUT2D eigenvalue weighted by atomic mass is 9.73. The summed E-state index contributed by atoms with van der Waals surface area (Å²) in [6, 6.07) is 5.78. The van der Waals surface area contributed by atoms with Crippen molar-refractivity contribution in [1.82, 2.24) is 19.4 Å². The van der Waals surface area contributed by atoms with E-state index >= 15 is 0 Å². The average Bonchev–Trinajstić information content (AvgIpc) is 3.12. The van der Waals surface area contributed by atoms with E-state index in [2.05, 4.69) is 12.0 Å². The Balaban J connectivity index is 1.52. The Bertz CT molecular complexity index is 846. The zero-order valence-electron chi connectivity index (χ0n) is 16.1. The molecule has 2 aromatic heterocycles. The Kier molecular flexibility index (Phi) is 4.89. The smallest absolute Gasteiger partial charge is 0.257 e. The molecule has 0 radical (unpaired) electrons. The molecule has 6 nitrogen and oxygen atoms in total. The second-order valence-electron chi connectivity index (χ2n) is 8.09. The third kappa shape index (κ3) is 3.45. The van der Waals surface area contributed by atoms with Crippen LogP contribution in [0.4, 0.5) is 0 Å². The van der Waals surface area contributed by atoms with Gasteiger partial charge in [-0.05, 0) is 37.8 Å². The number of amides is 2. The third-order valence-corrected chi connectivity index (χ3v) is 6.14. The minimum atomic E-state index is 0.0541. The minimum Gasteiger partial charge on any atom is -0.342 e. The first kappa shape index (κ1) is 18.0. The molecule has 0 N–H and O–H groups in total. The fourth-order valence-electron chi connectivity index (χ4n) is 4.64. The van der Waals surface area contributed by atoms with Crippen LogP contribution in [0.3, 0.4) is 0 Å². The lowest BCUT2D eigenvalue weighted by Gasteiger charge is -2.48. The van der Waals surface area contributed by atoms with Gasteiger partial charge in [-0.3, -0.25) is 9.59 Å². The van der Waals surface area contributed by atoms with E-state index in [9.17, 15) is 9.59 Å². The Morgan fingerprint density at radius 2 is 2.15 bits per heavy atom. The largest absolute Gasteiger partial charge is 0.342 e. The molecule has 2 aromatic rings. The van der Waals surface area contributed by atoms with Gasteiger partial charge in [0.25, 0.3) is 5.91 Å². The molecule has 1 atom stereocenters. The number of unbranched alkanes of at least 4 members (excludes halogenated alkanes) is 1. The maximum atomic E-state index is 13.2. The molecule has 0 aromatic carbocycles. The van der Waals surface area contributed by atoms with Crippen LogP contribution < -0.4 is 0 Å². The molecule has 1 unspecified atom stereocenters. The van der Waals surface area contributed by atoms with E-state index in [1.807, 2.05) is 34.2 Å². The number of hydrogen-bond donors (Lipinski definition) is 0. The van der Waals surface area contributed by atoms with Crippen LogP contribution in [0.1, 0.15) is 55.8 Å². The third-order valence-electron chi connectivity index (χ3n) is 6.14. The Hall–Kier alpha value is -2.37. The summed E-state index contributed by atoms with van der Waals surface area (Å²) in [6.45, 7) is 5.32. The fourth-order valence-corrected chi connectivity index (χ4v) is 4.64. The average molecular weight is 368 g/mol. The van der Waals surface area contributed by atoms with Crippen molar-refractivity contribution in [2.24, 2.45) is 5.41 Å². The molecule has 0 aliphatic carbocycles. The maximum absolute atomic E-state index is 13.2. The van der Waals surface area contributed by atoms with Crippen molar-refractivity contribution in [3.63, 3.8) is 0 Å². The summed E-state index contributed by atoms with van der Waals surface area (Å²) >= 11 is 0. The molecule has 0 saturated carbocycles. The van der Waals surface area contributed by atoms with Gasteiger partial charge in [0.05, 0.1) is 17.3 Å². The van der Waals surface area contributed by atoms with Gasteiger partial charge in [0.2, 0.25) is 5.91 Å². The molecule has 2 amide bonds. The molecular weight excluding hydrogens is 340 g/mol. The van der Waals surface area contributed by atoms with E-state index in [0.29, 0.717) is 12.0 Å². The molecule has 6 heteroatoms. The lowest BCUT2D eigenvalue weighted by Crippen LogP contribution is -2.55. The van der Waals surface area contributed by atoms with Crippen molar-refractivity contribution < 1.29 is 9.59 Å². The molecule has 2 fully saturated rings. The summed E-state index contributed by atoms with van der Waals surface area (Å²) in [7, 11) is 0. The summed E-state index contributed by atoms with van der Waals surface area (Å²) in [4.78, 5) is 29.5. The molecule has 4 heterocycles. The lowest BCUT2D eigenvalue weighted by molar-refractivity contribution is -0.139. The van der Waals surface area contributed by atoms with Crippen molar-refractivity contribution in [2.75, 3.05) is 26.2 Å². The zero-order chi connectivity index (χ0) is 18.9. The van der Waals surface area contributed by atoms with E-state index in [1.54, 1.807) is 10.7 Å². The predicted molar refractivity (Wildman–Crippen MR) is 103 cm³/mol. The van der Waals surface area contributed by atoms with Gasteiger partial charge in [-0.15, -0.1) is 0 Å². The topological polar surface area (TPSA) is 57.9 Å². The number of pyridine rings is 1. The van der Waals surface area contributed by atoms with Gasteiger partial charge < -0.3 is 9.80 Å². The first-order valence-electron chi connectivity index (χ1n) is 10.1. The summed E-state index contributed by atoms with van der Waals surface area (Å²) in [5.41, 5.74) is 1.58. The van der Waals surface area contributed by atoms with Crippen LogP contribution in [0.5, 0.6) is 0 Å². The molecule has 0 bridgehead atoms. The van der Waals surface area contributed by atoms with Crippen LogP contribution in [0.15, 0.2) is 30.6 Å². The van der Waals surface area contributed by atoms with E-state index in [4.69, 9.17) is 0 Å². The van der Waals surface area contributed by atoms with Gasteiger partial charge in [-0.25, -0.2) is 4.52 Å². The molecule has 4 rings (SSSR count). The number of aromatic nitrogens is 2. The van der Waals surface area contributed by atoms with Crippen LogP contribution in [0, 0.1) is 5.41 Å². The van der Waals surface area contributed by atoms with Crippen LogP contribution in [0.2, 0.25) is 0 Å². The summed E-state index contributed by atoms with van der Waals surface area (Å²) in [6.07, 6.45) is 9.29. The standard InChI is InChI=1S/C21H28N4O2/c1-2-3-11-23-15-21(10-8-19(23)26)9-6-12-24(16-21)20(27)17-14-22-25-13-5-4-7-18(17)25/h4-5,7,13-14H,2-3,6,8-12,15-16H2,1H3. The predicted octanol–water partition coefficient (Wildman–Crippen LogP) is 2.98. The SMILES string of the molecule is CCCCN1CC2(CCCN(C(=O)c3cnn4ccccc34)C2)CCC1=O. The molecule has 2 aliphatic heterocycles. The molecular formula is C21H28N4O2. The maximum Gasteiger partial charge on any atom is 0.257 e. The molecule has 144 valence electrons. The van der Waals surface area contributed by atoms with Crippen molar-refractivity contribution in [3.8, 4) is 0 Å². The number of nitrogens with zero attached hydrogens (tertiary/aromatic N) is 4. The minimum absolute atomic E-state index is 0.0541. The number of carbonyl (C=O) groups is 2. The summed E-state index contributed by atoms with van der Waals surface area (Å²) in [5, 5.41) is 4.31. The van der Waals surface area contributed by atoms with Gasteiger partial charge >= 0.3 is 0 Å². The van der Waals surface area contributed by atoms with Gasteiger partial charge in [-0.1, -0.05) is 19.4 Å². The van der Waals surface area contributed by atoms with E-state index in [-0.39, 0.29) is 17.2 Å². The number of hydrogen-bond acceptors (Lipinski definition) is 3. The van der Waals surface area contributed by atoms with Crippen LogP contribution in [0.25, 0.3) is 5.52 Å². The Morgan fingerprint density at radius 3 is 3.00 bits per heavy atom. The van der Waals surface area contributed by atoms with E-state index in [1.165, 1.54) is 0 Å². The number of rotatable bonds is 4. The van der Waals surface area contributed by atoms with Crippen molar-refractivity contribution in [2.45, 2.75) is 45.4 Å². The zero-order valence-corrected chi connectivity index (χ0v) is 16.1. The second kappa shape index (κ2) is 7.33. The highest BCUT2D eigenvalue weighted by Gasteiger charge is 2.42. The Labute approximate surface area is 160 Å². The van der Waals surface area contributed by atoms with Crippen molar-refractivity contribution >= 4 is 17.3 Å². The van der Waals surface area contributed by atoms with Crippen LogP contribution in [-0.4, -0.2) is 57.4 Å². The monoisotopic (exact) mass is 368 g/mol. The Morgan fingerprint density at radius 1 is 1.26 bits per heavy atom. The van der Waals surface area contributed by atoms with Gasteiger partial charge in [-0.2, -0.15) is 5.10 Å².